The SMILES string of the molecule is C=CC(=O)NCCCN(C)c1ccc(/N=N/c2nnc(SCC)s2)cc1. The smallest absolute Gasteiger partial charge is 0.252 e. The molecule has 0 radical (unpaired) electrons. The van der Waals surface area contributed by atoms with Crippen LogP contribution < -0.4 is 10.2 Å². The lowest BCUT2D eigenvalue weighted by Crippen LogP contribution is -2.26. The molecule has 1 N–H and O–H groups in total. The molecular formula is C17H22N6OS2. The summed E-state index contributed by atoms with van der Waals surface area (Å²) in [4.78, 5) is 13.2. The lowest BCUT2D eigenvalue weighted by atomic mass is 10.2. The Morgan fingerprint density at radius 2 is 2.12 bits per heavy atom. The van der Waals surface area contributed by atoms with E-state index in [0.29, 0.717) is 11.7 Å². The number of benzene rings is 1. The molecule has 0 atom stereocenters. The number of hydrogen-bond acceptors (Lipinski definition) is 8. The van der Waals surface area contributed by atoms with E-state index in [4.69, 9.17) is 0 Å². The third kappa shape index (κ3) is 6.57. The van der Waals surface area contributed by atoms with Crippen molar-refractivity contribution in [2.45, 2.75) is 17.7 Å². The Morgan fingerprint density at radius 3 is 2.81 bits per heavy atom. The number of carbonyl (C=O) groups is 1. The number of azo groups is 1. The van der Waals surface area contributed by atoms with Crippen LogP contribution in [-0.2, 0) is 4.79 Å². The Balaban J connectivity index is 1.83. The van der Waals surface area contributed by atoms with E-state index in [1.165, 1.54) is 17.4 Å². The summed E-state index contributed by atoms with van der Waals surface area (Å²) in [6.07, 6.45) is 2.13. The van der Waals surface area contributed by atoms with E-state index >= 15 is 0 Å². The van der Waals surface area contributed by atoms with Gasteiger partial charge < -0.3 is 10.2 Å². The standard InChI is InChI=1S/C17H22N6OS2/c1-4-15(24)18-11-6-12-23(3)14-9-7-13(8-10-14)19-20-16-21-22-17(26-16)25-5-2/h4,7-10H,1,5-6,11-12H2,2-3H3,(H,18,24)/b20-19+. The minimum absolute atomic E-state index is 0.141. The van der Waals surface area contributed by atoms with Gasteiger partial charge in [-0.2, -0.15) is 0 Å². The van der Waals surface area contributed by atoms with Crippen LogP contribution in [0.5, 0.6) is 0 Å². The van der Waals surface area contributed by atoms with Gasteiger partial charge in [-0.15, -0.1) is 20.4 Å². The maximum absolute atomic E-state index is 11.1. The van der Waals surface area contributed by atoms with E-state index in [9.17, 15) is 4.79 Å². The number of nitrogens with zero attached hydrogens (tertiary/aromatic N) is 5. The van der Waals surface area contributed by atoms with Crippen molar-refractivity contribution in [3.8, 4) is 0 Å². The number of carbonyl (C=O) groups excluding carboxylic acids is 1. The van der Waals surface area contributed by atoms with E-state index in [0.717, 1.165) is 34.4 Å². The fraction of sp³-hybridized carbons (Fsp3) is 0.353. The largest absolute Gasteiger partial charge is 0.375 e. The average Bonchev–Trinajstić information content (AvgIpc) is 3.11. The molecule has 26 heavy (non-hydrogen) atoms. The predicted octanol–water partition coefficient (Wildman–Crippen LogP) is 4.19. The molecule has 0 saturated carbocycles. The summed E-state index contributed by atoms with van der Waals surface area (Å²) in [6.45, 7) is 6.96. The molecule has 2 rings (SSSR count). The fourth-order valence-electron chi connectivity index (χ4n) is 2.03. The normalized spacial score (nSPS) is 10.8. The zero-order valence-electron chi connectivity index (χ0n) is 14.9. The van der Waals surface area contributed by atoms with Gasteiger partial charge >= 0.3 is 0 Å². The van der Waals surface area contributed by atoms with Gasteiger partial charge in [0.25, 0.3) is 5.13 Å². The van der Waals surface area contributed by atoms with Gasteiger partial charge in [0.05, 0.1) is 5.69 Å². The Morgan fingerprint density at radius 1 is 1.35 bits per heavy atom. The zero-order valence-corrected chi connectivity index (χ0v) is 16.5. The average molecular weight is 391 g/mol. The molecule has 0 bridgehead atoms. The van der Waals surface area contributed by atoms with Gasteiger partial charge in [-0.1, -0.05) is 36.6 Å². The minimum Gasteiger partial charge on any atom is -0.375 e. The van der Waals surface area contributed by atoms with Crippen LogP contribution in [0.3, 0.4) is 0 Å². The van der Waals surface area contributed by atoms with Crippen LogP contribution in [0.15, 0.2) is 51.5 Å². The quantitative estimate of drug-likeness (QED) is 0.285. The van der Waals surface area contributed by atoms with Crippen molar-refractivity contribution >= 4 is 45.5 Å². The molecule has 9 heteroatoms. The first-order chi connectivity index (χ1) is 12.6. The number of anilines is 1. The van der Waals surface area contributed by atoms with Gasteiger partial charge in [-0.3, -0.25) is 4.79 Å². The maximum atomic E-state index is 11.1. The van der Waals surface area contributed by atoms with Crippen molar-refractivity contribution in [2.24, 2.45) is 10.2 Å². The molecule has 0 aliphatic rings. The number of thioether (sulfide) groups is 1. The van der Waals surface area contributed by atoms with Crippen LogP contribution >= 0.6 is 23.1 Å². The summed E-state index contributed by atoms with van der Waals surface area (Å²) < 4.78 is 0.905. The van der Waals surface area contributed by atoms with Crippen LogP contribution in [0.25, 0.3) is 0 Å². The molecule has 0 aliphatic heterocycles. The highest BCUT2D eigenvalue weighted by atomic mass is 32.2. The minimum atomic E-state index is -0.141. The Labute approximate surface area is 161 Å². The molecule has 0 spiro atoms. The lowest BCUT2D eigenvalue weighted by Gasteiger charge is -2.19. The molecule has 1 aromatic carbocycles. The number of nitrogens with one attached hydrogen (secondary N) is 1. The highest BCUT2D eigenvalue weighted by Crippen LogP contribution is 2.28. The second-order valence-corrected chi connectivity index (χ2v) is 7.74. The van der Waals surface area contributed by atoms with Crippen molar-refractivity contribution in [1.29, 1.82) is 0 Å². The Hall–Kier alpha value is -2.26. The second kappa shape index (κ2) is 10.7. The van der Waals surface area contributed by atoms with E-state index in [2.05, 4.69) is 44.1 Å². The van der Waals surface area contributed by atoms with Gasteiger partial charge in [0.15, 0.2) is 4.34 Å². The summed E-state index contributed by atoms with van der Waals surface area (Å²) in [6, 6.07) is 7.82. The molecule has 1 aromatic heterocycles. The number of rotatable bonds is 10. The Bertz CT molecular complexity index is 744. The molecule has 1 amide bonds. The van der Waals surface area contributed by atoms with Gasteiger partial charge in [0, 0.05) is 25.8 Å². The third-order valence-electron chi connectivity index (χ3n) is 3.36. The first-order valence-corrected chi connectivity index (χ1v) is 10.0. The fourth-order valence-corrected chi connectivity index (χ4v) is 3.59. The summed E-state index contributed by atoms with van der Waals surface area (Å²) in [5.74, 6) is 0.819. The summed E-state index contributed by atoms with van der Waals surface area (Å²) in [5, 5.41) is 19.7. The molecule has 0 aliphatic carbocycles. The van der Waals surface area contributed by atoms with Gasteiger partial charge in [0.2, 0.25) is 5.91 Å². The van der Waals surface area contributed by atoms with Crippen LogP contribution in [0.2, 0.25) is 0 Å². The molecule has 1 heterocycles. The van der Waals surface area contributed by atoms with Crippen molar-refractivity contribution < 1.29 is 4.79 Å². The van der Waals surface area contributed by atoms with Crippen molar-refractivity contribution in [2.75, 3.05) is 30.8 Å². The molecule has 0 unspecified atom stereocenters. The summed E-state index contributed by atoms with van der Waals surface area (Å²) in [7, 11) is 2.01. The predicted molar refractivity (Wildman–Crippen MR) is 108 cm³/mol. The first-order valence-electron chi connectivity index (χ1n) is 8.22. The number of amides is 1. The molecule has 138 valence electrons. The van der Waals surface area contributed by atoms with E-state index in [1.807, 2.05) is 31.3 Å². The van der Waals surface area contributed by atoms with Crippen LogP contribution in [0.1, 0.15) is 13.3 Å². The van der Waals surface area contributed by atoms with Gasteiger partial charge in [-0.25, -0.2) is 0 Å². The molecular weight excluding hydrogens is 368 g/mol. The molecule has 2 aromatic rings. The van der Waals surface area contributed by atoms with Crippen molar-refractivity contribution in [3.05, 3.63) is 36.9 Å². The summed E-state index contributed by atoms with van der Waals surface area (Å²) in [5.41, 5.74) is 1.84. The number of aromatic nitrogens is 2. The second-order valence-electron chi connectivity index (χ2n) is 5.27. The van der Waals surface area contributed by atoms with Crippen LogP contribution in [0.4, 0.5) is 16.5 Å². The van der Waals surface area contributed by atoms with Crippen molar-refractivity contribution in [1.82, 2.24) is 15.5 Å². The molecule has 7 nitrogen and oxygen atoms in total. The van der Waals surface area contributed by atoms with Crippen LogP contribution in [-0.4, -0.2) is 42.0 Å². The van der Waals surface area contributed by atoms with Crippen LogP contribution in [0, 0.1) is 0 Å². The first kappa shape index (κ1) is 20.1. The van der Waals surface area contributed by atoms with E-state index in [1.54, 1.807) is 11.8 Å². The highest BCUT2D eigenvalue weighted by molar-refractivity contribution is 8.01. The highest BCUT2D eigenvalue weighted by Gasteiger charge is 2.04. The zero-order chi connectivity index (χ0) is 18.8. The monoisotopic (exact) mass is 390 g/mol. The van der Waals surface area contributed by atoms with Crippen molar-refractivity contribution in [3.63, 3.8) is 0 Å². The number of hydrogen-bond donors (Lipinski definition) is 1. The van der Waals surface area contributed by atoms with E-state index < -0.39 is 0 Å². The van der Waals surface area contributed by atoms with Gasteiger partial charge in [0.1, 0.15) is 0 Å². The summed E-state index contributed by atoms with van der Waals surface area (Å²) >= 11 is 3.08. The molecule has 0 saturated heterocycles. The third-order valence-corrected chi connectivity index (χ3v) is 5.18. The maximum Gasteiger partial charge on any atom is 0.252 e. The molecule has 0 fully saturated rings. The lowest BCUT2D eigenvalue weighted by molar-refractivity contribution is -0.116. The van der Waals surface area contributed by atoms with E-state index in [-0.39, 0.29) is 5.91 Å². The Kier molecular flexibility index (Phi) is 8.23. The topological polar surface area (TPSA) is 82.8 Å². The van der Waals surface area contributed by atoms with Gasteiger partial charge in [-0.05, 0) is 42.5 Å².